The van der Waals surface area contributed by atoms with E-state index in [1.165, 1.54) is 18.9 Å². The zero-order valence-corrected chi connectivity index (χ0v) is 20.0. The molecular weight excluding hydrogens is 468 g/mol. The number of carbonyl (C=O) groups is 2. The van der Waals surface area contributed by atoms with Gasteiger partial charge < -0.3 is 25.8 Å². The van der Waals surface area contributed by atoms with Crippen LogP contribution < -0.4 is 20.7 Å². The number of thioether (sulfide) groups is 1. The number of pyridine rings is 3. The number of aliphatic hydroxyl groups is 1. The molecule has 4 heterocycles. The molecule has 4 N–H and O–H groups in total. The van der Waals surface area contributed by atoms with E-state index in [9.17, 15) is 14.7 Å². The Hall–Kier alpha value is -3.28. The van der Waals surface area contributed by atoms with Crippen molar-refractivity contribution in [1.82, 2.24) is 20.3 Å². The van der Waals surface area contributed by atoms with Gasteiger partial charge in [-0.25, -0.2) is 4.98 Å². The number of hydrogen-bond donors (Lipinski definition) is 4. The van der Waals surface area contributed by atoms with Crippen molar-refractivity contribution in [3.8, 4) is 5.88 Å². The maximum Gasteiger partial charge on any atom is 0.234 e. The Balaban J connectivity index is 1.18. The van der Waals surface area contributed by atoms with Crippen LogP contribution in [0.4, 0.5) is 11.4 Å². The van der Waals surface area contributed by atoms with Gasteiger partial charge in [-0.2, -0.15) is 0 Å². The number of rotatable bonds is 6. The van der Waals surface area contributed by atoms with Crippen LogP contribution >= 0.6 is 11.8 Å². The second-order valence-corrected chi connectivity index (χ2v) is 9.66. The number of amides is 2. The summed E-state index contributed by atoms with van der Waals surface area (Å²) in [6, 6.07) is 6.94. The molecule has 0 saturated heterocycles. The van der Waals surface area contributed by atoms with Crippen molar-refractivity contribution in [2.75, 3.05) is 23.5 Å². The zero-order valence-electron chi connectivity index (χ0n) is 19.2. The summed E-state index contributed by atoms with van der Waals surface area (Å²) in [6.07, 6.45) is 4.37. The summed E-state index contributed by atoms with van der Waals surface area (Å²) in [4.78, 5) is 38.7. The highest BCUT2D eigenvalue weighted by molar-refractivity contribution is 8.00. The number of carbonyl (C=O) groups excluding carboxylic acids is 2. The van der Waals surface area contributed by atoms with E-state index in [-0.39, 0.29) is 23.8 Å². The minimum Gasteiger partial charge on any atom is -0.481 e. The van der Waals surface area contributed by atoms with E-state index in [0.717, 1.165) is 16.3 Å². The molecule has 5 rings (SSSR count). The van der Waals surface area contributed by atoms with Gasteiger partial charge >= 0.3 is 0 Å². The number of nitrogens with zero attached hydrogens (tertiary/aromatic N) is 3. The van der Waals surface area contributed by atoms with E-state index in [0.29, 0.717) is 54.2 Å². The minimum atomic E-state index is -0.667. The molecule has 1 aliphatic carbocycles. The Morgan fingerprint density at radius 2 is 2.17 bits per heavy atom. The molecule has 1 aliphatic heterocycles. The molecule has 35 heavy (non-hydrogen) atoms. The van der Waals surface area contributed by atoms with Crippen molar-refractivity contribution in [3.05, 3.63) is 42.4 Å². The summed E-state index contributed by atoms with van der Waals surface area (Å²) in [5, 5.41) is 19.9. The predicted octanol–water partition coefficient (Wildman–Crippen LogP) is 2.34. The van der Waals surface area contributed by atoms with E-state index in [1.54, 1.807) is 30.6 Å². The number of nitrogens with one attached hydrogen (secondary N) is 3. The summed E-state index contributed by atoms with van der Waals surface area (Å²) >= 11 is 1.47. The summed E-state index contributed by atoms with van der Waals surface area (Å²) < 4.78 is 5.20. The summed E-state index contributed by atoms with van der Waals surface area (Å²) in [7, 11) is 1.54. The lowest BCUT2D eigenvalue weighted by Gasteiger charge is -2.33. The molecule has 11 heteroatoms. The van der Waals surface area contributed by atoms with Gasteiger partial charge in [0.25, 0.3) is 0 Å². The highest BCUT2D eigenvalue weighted by Crippen LogP contribution is 2.31. The van der Waals surface area contributed by atoms with E-state index < -0.39 is 6.10 Å². The fraction of sp³-hybridized carbons (Fsp3) is 0.375. The van der Waals surface area contributed by atoms with Crippen LogP contribution in [0.1, 0.15) is 25.0 Å². The second kappa shape index (κ2) is 10.1. The third-order valence-electron chi connectivity index (χ3n) is 6.32. The first-order valence-corrected chi connectivity index (χ1v) is 12.4. The number of hydrogen-bond acceptors (Lipinski definition) is 9. The molecule has 0 bridgehead atoms. The van der Waals surface area contributed by atoms with E-state index in [2.05, 4.69) is 30.9 Å². The SMILES string of the molecule is COc1ccc2nccc(NC(=O)C3CCC(NCc4cc5c(cn4)SCC(=O)N5)C(O)C3)c2n1. The van der Waals surface area contributed by atoms with Crippen LogP contribution in [0.2, 0.25) is 0 Å². The van der Waals surface area contributed by atoms with Crippen LogP contribution in [0, 0.1) is 5.92 Å². The van der Waals surface area contributed by atoms with Gasteiger partial charge in [0, 0.05) is 41.9 Å². The molecule has 3 unspecified atom stereocenters. The lowest BCUT2D eigenvalue weighted by molar-refractivity contribution is -0.122. The molecule has 182 valence electrons. The molecule has 2 amide bonds. The van der Waals surface area contributed by atoms with Crippen LogP contribution in [-0.2, 0) is 16.1 Å². The highest BCUT2D eigenvalue weighted by atomic mass is 32.2. The second-order valence-electron chi connectivity index (χ2n) is 8.64. The topological polar surface area (TPSA) is 138 Å². The summed E-state index contributed by atoms with van der Waals surface area (Å²) in [5.41, 5.74) is 3.34. The molecule has 3 aromatic rings. The monoisotopic (exact) mass is 494 g/mol. The summed E-state index contributed by atoms with van der Waals surface area (Å²) in [5.74, 6) is 0.360. The first-order chi connectivity index (χ1) is 17.0. The van der Waals surface area contributed by atoms with Crippen molar-refractivity contribution in [1.29, 1.82) is 0 Å². The first-order valence-electron chi connectivity index (χ1n) is 11.4. The van der Waals surface area contributed by atoms with Gasteiger partial charge in [0.2, 0.25) is 17.7 Å². The van der Waals surface area contributed by atoms with Crippen LogP contribution in [0.5, 0.6) is 5.88 Å². The number of aliphatic hydroxyl groups excluding tert-OH is 1. The Morgan fingerprint density at radius 1 is 1.29 bits per heavy atom. The third kappa shape index (κ3) is 5.21. The van der Waals surface area contributed by atoms with Gasteiger partial charge in [0.05, 0.1) is 41.6 Å². The molecule has 3 atom stereocenters. The molecule has 1 fully saturated rings. The Morgan fingerprint density at radius 3 is 3.00 bits per heavy atom. The third-order valence-corrected chi connectivity index (χ3v) is 7.36. The average molecular weight is 495 g/mol. The molecule has 3 aromatic heterocycles. The van der Waals surface area contributed by atoms with Crippen molar-refractivity contribution in [2.24, 2.45) is 5.92 Å². The van der Waals surface area contributed by atoms with Crippen LogP contribution in [0.3, 0.4) is 0 Å². The predicted molar refractivity (Wildman–Crippen MR) is 132 cm³/mol. The standard InChI is InChI=1S/C24H26N6O4S/c1-34-22-5-4-16-23(30-22)17(6-7-25-16)29-24(33)13-2-3-15(19(31)8-13)27-10-14-9-18-20(11-26-14)35-12-21(32)28-18/h4-7,9,11,13,15,19,27,31H,2-3,8,10,12H2,1H3,(H,28,32)(H,25,29,33). The molecule has 2 aliphatic rings. The number of anilines is 2. The minimum absolute atomic E-state index is 0.0192. The van der Waals surface area contributed by atoms with Crippen molar-refractivity contribution in [2.45, 2.75) is 42.8 Å². The smallest absolute Gasteiger partial charge is 0.234 e. The van der Waals surface area contributed by atoms with Crippen LogP contribution in [0.15, 0.2) is 41.6 Å². The summed E-state index contributed by atoms with van der Waals surface area (Å²) in [6.45, 7) is 0.461. The van der Waals surface area contributed by atoms with Crippen molar-refractivity contribution < 1.29 is 19.4 Å². The maximum atomic E-state index is 13.0. The van der Waals surface area contributed by atoms with Crippen molar-refractivity contribution in [3.63, 3.8) is 0 Å². The highest BCUT2D eigenvalue weighted by Gasteiger charge is 2.33. The Labute approximate surface area is 206 Å². The largest absolute Gasteiger partial charge is 0.481 e. The Kier molecular flexibility index (Phi) is 6.80. The van der Waals surface area contributed by atoms with Gasteiger partial charge in [0.1, 0.15) is 5.52 Å². The fourth-order valence-corrected chi connectivity index (χ4v) is 5.19. The van der Waals surface area contributed by atoms with Crippen LogP contribution in [0.25, 0.3) is 11.0 Å². The molecule has 10 nitrogen and oxygen atoms in total. The fourth-order valence-electron chi connectivity index (χ4n) is 4.44. The lowest BCUT2D eigenvalue weighted by Crippen LogP contribution is -2.46. The van der Waals surface area contributed by atoms with Crippen molar-refractivity contribution >= 4 is 46.0 Å². The zero-order chi connectivity index (χ0) is 24.4. The number of methoxy groups -OCH3 is 1. The first kappa shape index (κ1) is 23.5. The van der Waals surface area contributed by atoms with E-state index in [1.807, 2.05) is 6.07 Å². The molecule has 0 radical (unpaired) electrons. The van der Waals surface area contributed by atoms with Gasteiger partial charge in [-0.3, -0.25) is 19.6 Å². The average Bonchev–Trinajstić information content (AvgIpc) is 2.87. The molecular formula is C24H26N6O4S. The molecule has 0 aromatic carbocycles. The Bertz CT molecular complexity index is 1270. The quantitative estimate of drug-likeness (QED) is 0.407. The van der Waals surface area contributed by atoms with E-state index >= 15 is 0 Å². The normalized spacial score (nSPS) is 21.8. The van der Waals surface area contributed by atoms with Gasteiger partial charge in [0.15, 0.2) is 0 Å². The number of ether oxygens (including phenoxy) is 1. The van der Waals surface area contributed by atoms with Crippen LogP contribution in [-0.4, -0.2) is 56.9 Å². The van der Waals surface area contributed by atoms with E-state index in [4.69, 9.17) is 4.74 Å². The molecule has 1 saturated carbocycles. The number of fused-ring (bicyclic) bond motifs is 2. The van der Waals surface area contributed by atoms with Gasteiger partial charge in [-0.05, 0) is 37.5 Å². The number of aromatic nitrogens is 3. The maximum absolute atomic E-state index is 13.0. The lowest BCUT2D eigenvalue weighted by atomic mass is 9.83. The molecule has 0 spiro atoms. The van der Waals surface area contributed by atoms with Gasteiger partial charge in [-0.1, -0.05) is 0 Å². The van der Waals surface area contributed by atoms with Gasteiger partial charge in [-0.15, -0.1) is 11.8 Å².